The number of benzene rings is 2. The Hall–Kier alpha value is -3.73. The number of carbonyl (C=O) groups is 2. The van der Waals surface area contributed by atoms with Crippen molar-refractivity contribution in [3.8, 4) is 0 Å². The standard InChI is InChI=1S/C23H18N2O3/c1-15-6-5-9-18(14-15)25-20(16-10-12-24-13-11-16)19(22(27)23(25)28)21(26)17-7-3-2-4-8-17/h2-14,20,26H,1H3/b21-19+. The summed E-state index contributed by atoms with van der Waals surface area (Å²) in [5.41, 5.74) is 2.84. The van der Waals surface area contributed by atoms with E-state index in [-0.39, 0.29) is 11.3 Å². The number of aryl methyl sites for hydroxylation is 1. The molecule has 2 heterocycles. The topological polar surface area (TPSA) is 70.5 Å². The van der Waals surface area contributed by atoms with Gasteiger partial charge >= 0.3 is 0 Å². The minimum Gasteiger partial charge on any atom is -0.507 e. The van der Waals surface area contributed by atoms with E-state index in [2.05, 4.69) is 4.98 Å². The molecule has 0 aliphatic carbocycles. The predicted octanol–water partition coefficient (Wildman–Crippen LogP) is 4.02. The smallest absolute Gasteiger partial charge is 0.300 e. The molecule has 1 aliphatic rings. The van der Waals surface area contributed by atoms with Crippen LogP contribution in [0.2, 0.25) is 0 Å². The molecule has 0 saturated carbocycles. The lowest BCUT2D eigenvalue weighted by molar-refractivity contribution is -0.132. The van der Waals surface area contributed by atoms with E-state index in [0.717, 1.165) is 5.56 Å². The van der Waals surface area contributed by atoms with Crippen LogP contribution in [0.25, 0.3) is 5.76 Å². The lowest BCUT2D eigenvalue weighted by Crippen LogP contribution is -2.29. The van der Waals surface area contributed by atoms with Crippen LogP contribution in [-0.2, 0) is 9.59 Å². The van der Waals surface area contributed by atoms with Crippen LogP contribution in [0.5, 0.6) is 0 Å². The molecule has 1 atom stereocenters. The van der Waals surface area contributed by atoms with Gasteiger partial charge in [-0.25, -0.2) is 0 Å². The highest BCUT2D eigenvalue weighted by molar-refractivity contribution is 6.51. The average Bonchev–Trinajstić information content (AvgIpc) is 3.00. The third-order valence-electron chi connectivity index (χ3n) is 4.79. The van der Waals surface area contributed by atoms with Crippen molar-refractivity contribution in [3.05, 3.63) is 101 Å². The summed E-state index contributed by atoms with van der Waals surface area (Å²) in [6.07, 6.45) is 3.21. The van der Waals surface area contributed by atoms with Gasteiger partial charge in [0.2, 0.25) is 0 Å². The molecule has 2 aromatic carbocycles. The van der Waals surface area contributed by atoms with Gasteiger partial charge in [0.05, 0.1) is 11.6 Å². The van der Waals surface area contributed by atoms with Gasteiger partial charge in [-0.3, -0.25) is 19.5 Å². The molecule has 0 radical (unpaired) electrons. The summed E-state index contributed by atoms with van der Waals surface area (Å²) in [4.78, 5) is 31.4. The van der Waals surface area contributed by atoms with E-state index in [4.69, 9.17) is 0 Å². The Balaban J connectivity index is 1.95. The monoisotopic (exact) mass is 370 g/mol. The summed E-state index contributed by atoms with van der Waals surface area (Å²) in [7, 11) is 0. The fraction of sp³-hybridized carbons (Fsp3) is 0.0870. The molecule has 5 nitrogen and oxygen atoms in total. The summed E-state index contributed by atoms with van der Waals surface area (Å²) in [5, 5.41) is 10.9. The van der Waals surface area contributed by atoms with Gasteiger partial charge in [0.25, 0.3) is 11.7 Å². The third-order valence-corrected chi connectivity index (χ3v) is 4.79. The maximum Gasteiger partial charge on any atom is 0.300 e. The van der Waals surface area contributed by atoms with E-state index >= 15 is 0 Å². The molecule has 1 fully saturated rings. The Bertz CT molecular complexity index is 1080. The van der Waals surface area contributed by atoms with Gasteiger partial charge in [-0.2, -0.15) is 0 Å². The van der Waals surface area contributed by atoms with Crippen molar-refractivity contribution in [2.75, 3.05) is 4.90 Å². The fourth-order valence-electron chi connectivity index (χ4n) is 3.49. The van der Waals surface area contributed by atoms with Gasteiger partial charge in [-0.15, -0.1) is 0 Å². The number of aliphatic hydroxyl groups excluding tert-OH is 1. The number of hydrogen-bond acceptors (Lipinski definition) is 4. The fourth-order valence-corrected chi connectivity index (χ4v) is 3.49. The van der Waals surface area contributed by atoms with Crippen molar-refractivity contribution in [2.24, 2.45) is 0 Å². The van der Waals surface area contributed by atoms with E-state index in [1.54, 1.807) is 54.9 Å². The van der Waals surface area contributed by atoms with E-state index in [0.29, 0.717) is 16.8 Å². The van der Waals surface area contributed by atoms with Crippen LogP contribution >= 0.6 is 0 Å². The molecule has 4 rings (SSSR count). The van der Waals surface area contributed by atoms with Crippen LogP contribution in [0.15, 0.2) is 84.7 Å². The molecule has 1 aliphatic heterocycles. The number of amides is 1. The molecule has 1 N–H and O–H groups in total. The van der Waals surface area contributed by atoms with E-state index in [9.17, 15) is 14.7 Å². The Labute approximate surface area is 162 Å². The maximum absolute atomic E-state index is 13.0. The van der Waals surface area contributed by atoms with Crippen molar-refractivity contribution in [1.82, 2.24) is 4.98 Å². The normalized spacial score (nSPS) is 18.5. The highest BCUT2D eigenvalue weighted by atomic mass is 16.3. The highest BCUT2D eigenvalue weighted by Crippen LogP contribution is 2.42. The predicted molar refractivity (Wildman–Crippen MR) is 107 cm³/mol. The molecule has 1 aromatic heterocycles. The van der Waals surface area contributed by atoms with Crippen LogP contribution in [-0.4, -0.2) is 21.8 Å². The molecule has 0 spiro atoms. The number of aromatic nitrogens is 1. The molecule has 138 valence electrons. The zero-order valence-electron chi connectivity index (χ0n) is 15.2. The van der Waals surface area contributed by atoms with Crippen LogP contribution in [0.3, 0.4) is 0 Å². The number of rotatable bonds is 3. The molecule has 3 aromatic rings. The Morgan fingerprint density at radius 3 is 2.36 bits per heavy atom. The summed E-state index contributed by atoms with van der Waals surface area (Å²) >= 11 is 0. The second kappa shape index (κ2) is 7.12. The number of ketones is 1. The second-order valence-corrected chi connectivity index (χ2v) is 6.65. The Kier molecular flexibility index (Phi) is 4.49. The van der Waals surface area contributed by atoms with E-state index in [1.165, 1.54) is 4.90 Å². The van der Waals surface area contributed by atoms with Crippen LogP contribution in [0.1, 0.15) is 22.7 Å². The van der Waals surface area contributed by atoms with Gasteiger partial charge in [0.15, 0.2) is 0 Å². The van der Waals surface area contributed by atoms with Crippen LogP contribution in [0.4, 0.5) is 5.69 Å². The molecule has 0 bridgehead atoms. The van der Waals surface area contributed by atoms with Crippen molar-refractivity contribution in [1.29, 1.82) is 0 Å². The number of hydrogen-bond donors (Lipinski definition) is 1. The van der Waals surface area contributed by atoms with Crippen LogP contribution < -0.4 is 4.90 Å². The van der Waals surface area contributed by atoms with Gasteiger partial charge in [-0.05, 0) is 42.3 Å². The Morgan fingerprint density at radius 1 is 0.964 bits per heavy atom. The summed E-state index contributed by atoms with van der Waals surface area (Å²) in [6, 6.07) is 18.9. The number of nitrogens with zero attached hydrogens (tertiary/aromatic N) is 2. The SMILES string of the molecule is Cc1cccc(N2C(=O)C(=O)/C(=C(/O)c3ccccc3)C2c2ccncc2)c1. The third kappa shape index (κ3) is 2.97. The summed E-state index contributed by atoms with van der Waals surface area (Å²) in [5.74, 6) is -1.55. The van der Waals surface area contributed by atoms with Crippen LogP contribution in [0, 0.1) is 6.92 Å². The lowest BCUT2D eigenvalue weighted by atomic mass is 9.96. The quantitative estimate of drug-likeness (QED) is 0.429. The largest absolute Gasteiger partial charge is 0.507 e. The van der Waals surface area contributed by atoms with E-state index in [1.807, 2.05) is 31.2 Å². The minimum absolute atomic E-state index is 0.0731. The lowest BCUT2D eigenvalue weighted by Gasteiger charge is -2.25. The van der Waals surface area contributed by atoms with Crippen molar-refractivity contribution in [3.63, 3.8) is 0 Å². The molecule has 5 heteroatoms. The Morgan fingerprint density at radius 2 is 1.68 bits per heavy atom. The van der Waals surface area contributed by atoms with Gasteiger partial charge in [-0.1, -0.05) is 42.5 Å². The number of Topliss-reactive ketones (excluding diaryl/α,β-unsaturated/α-hetero) is 1. The first-order valence-corrected chi connectivity index (χ1v) is 8.91. The average molecular weight is 370 g/mol. The number of anilines is 1. The first-order chi connectivity index (χ1) is 13.6. The molecule has 28 heavy (non-hydrogen) atoms. The van der Waals surface area contributed by atoms with Gasteiger partial charge < -0.3 is 5.11 Å². The zero-order chi connectivity index (χ0) is 19.7. The van der Waals surface area contributed by atoms with Gasteiger partial charge in [0.1, 0.15) is 5.76 Å². The summed E-state index contributed by atoms with van der Waals surface area (Å²) < 4.78 is 0. The first-order valence-electron chi connectivity index (χ1n) is 8.91. The minimum atomic E-state index is -0.731. The maximum atomic E-state index is 13.0. The van der Waals surface area contributed by atoms with Crippen molar-refractivity contribution < 1.29 is 14.7 Å². The van der Waals surface area contributed by atoms with Gasteiger partial charge in [0, 0.05) is 23.6 Å². The number of pyridine rings is 1. The van der Waals surface area contributed by atoms with E-state index < -0.39 is 17.7 Å². The zero-order valence-corrected chi connectivity index (χ0v) is 15.2. The summed E-state index contributed by atoms with van der Waals surface area (Å²) in [6.45, 7) is 1.92. The first kappa shape index (κ1) is 17.7. The number of aliphatic hydroxyl groups is 1. The van der Waals surface area contributed by atoms with Crippen molar-refractivity contribution >= 4 is 23.1 Å². The molecular weight excluding hydrogens is 352 g/mol. The van der Waals surface area contributed by atoms with Crippen molar-refractivity contribution in [2.45, 2.75) is 13.0 Å². The molecule has 1 amide bonds. The molecular formula is C23H18N2O3. The molecule has 1 saturated heterocycles. The number of carbonyl (C=O) groups excluding carboxylic acids is 2. The second-order valence-electron chi connectivity index (χ2n) is 6.65. The molecule has 1 unspecified atom stereocenters. The highest BCUT2D eigenvalue weighted by Gasteiger charge is 2.46.